The minimum atomic E-state index is -0.933. The largest absolute Gasteiger partial charge is 0.478 e. The second-order valence-corrected chi connectivity index (χ2v) is 10.7. The zero-order valence-electron chi connectivity index (χ0n) is 22.6. The minimum Gasteiger partial charge on any atom is -0.478 e. The molecule has 210 valence electrons. The normalized spacial score (nSPS) is 18.1. The third-order valence-corrected chi connectivity index (χ3v) is 8.05. The summed E-state index contributed by atoms with van der Waals surface area (Å²) in [5.74, 6) is 1.46. The summed E-state index contributed by atoms with van der Waals surface area (Å²) in [5, 5.41) is 9.51. The van der Waals surface area contributed by atoms with Gasteiger partial charge in [0, 0.05) is 24.3 Å². The van der Waals surface area contributed by atoms with Crippen LogP contribution >= 0.6 is 0 Å². The lowest BCUT2D eigenvalue weighted by molar-refractivity contribution is -0.0592. The van der Waals surface area contributed by atoms with Gasteiger partial charge in [0.15, 0.2) is 12.2 Å². The number of likely N-dealkylation sites (tertiary alicyclic amines) is 1. The van der Waals surface area contributed by atoms with E-state index in [-0.39, 0.29) is 18.3 Å². The van der Waals surface area contributed by atoms with Crippen molar-refractivity contribution in [2.45, 2.75) is 51.0 Å². The molecule has 2 aromatic carbocycles. The van der Waals surface area contributed by atoms with Gasteiger partial charge in [-0.15, -0.1) is 0 Å². The quantitative estimate of drug-likeness (QED) is 0.269. The molecular formula is C31H31N5O5. The minimum absolute atomic E-state index is 0.147. The molecule has 2 fully saturated rings. The maximum atomic E-state index is 11.6. The lowest BCUT2D eigenvalue weighted by Crippen LogP contribution is -2.35. The lowest BCUT2D eigenvalue weighted by Gasteiger charge is -2.32. The van der Waals surface area contributed by atoms with Gasteiger partial charge < -0.3 is 23.6 Å². The van der Waals surface area contributed by atoms with Gasteiger partial charge in [-0.05, 0) is 68.8 Å². The highest BCUT2D eigenvalue weighted by Crippen LogP contribution is 2.30. The zero-order valence-corrected chi connectivity index (χ0v) is 22.6. The number of oxazole rings is 1. The number of pyridine rings is 1. The van der Waals surface area contributed by atoms with E-state index in [1.165, 1.54) is 0 Å². The van der Waals surface area contributed by atoms with Gasteiger partial charge in [0.05, 0.1) is 35.8 Å². The highest BCUT2D eigenvalue weighted by Gasteiger charge is 2.26. The molecule has 1 atom stereocenters. The average Bonchev–Trinajstić information content (AvgIpc) is 3.54. The molecule has 5 heterocycles. The van der Waals surface area contributed by atoms with Crippen molar-refractivity contribution in [3.05, 3.63) is 83.6 Å². The number of para-hydroxylation sites is 2. The molecule has 1 unspecified atom stereocenters. The van der Waals surface area contributed by atoms with Gasteiger partial charge in [-0.2, -0.15) is 0 Å². The molecule has 7 rings (SSSR count). The van der Waals surface area contributed by atoms with E-state index in [0.717, 1.165) is 72.6 Å². The number of benzene rings is 2. The predicted molar refractivity (Wildman–Crippen MR) is 151 cm³/mol. The summed E-state index contributed by atoms with van der Waals surface area (Å²) in [6, 6.07) is 18.8. The van der Waals surface area contributed by atoms with E-state index >= 15 is 0 Å². The number of carboxylic acid groups (broad SMARTS) is 1. The van der Waals surface area contributed by atoms with Gasteiger partial charge in [0.1, 0.15) is 11.3 Å². The van der Waals surface area contributed by atoms with Crippen LogP contribution in [0.1, 0.15) is 52.9 Å². The van der Waals surface area contributed by atoms with E-state index in [1.807, 2.05) is 36.4 Å². The van der Waals surface area contributed by atoms with Crippen molar-refractivity contribution in [1.82, 2.24) is 24.4 Å². The topological polar surface area (TPSA) is 116 Å². The molecule has 2 aliphatic rings. The van der Waals surface area contributed by atoms with E-state index in [2.05, 4.69) is 20.5 Å². The van der Waals surface area contributed by atoms with Crippen LogP contribution in [0.5, 0.6) is 5.88 Å². The number of fused-ring (bicyclic) bond motifs is 2. The summed E-state index contributed by atoms with van der Waals surface area (Å²) >= 11 is 0. The third kappa shape index (κ3) is 5.40. The molecule has 0 amide bonds. The molecule has 3 aromatic heterocycles. The number of aromatic nitrogens is 4. The standard InChI is InChI=1S/C31H31N5O5/c37-31(38)21-8-9-24-26(16-21)36(17-22-12-15-39-22)28(32-24)18-35-13-10-20(11-14-35)23-5-3-7-29(33-23)40-19-30-34-25-4-1-2-6-27(25)41-30/h1-9,16,20,22H,10-15,17-19H2,(H,37,38). The maximum Gasteiger partial charge on any atom is 0.335 e. The summed E-state index contributed by atoms with van der Waals surface area (Å²) < 4.78 is 19.5. The second-order valence-electron chi connectivity index (χ2n) is 10.7. The Hall–Kier alpha value is -4.28. The number of piperidine rings is 1. The predicted octanol–water partition coefficient (Wildman–Crippen LogP) is 5.02. The van der Waals surface area contributed by atoms with Crippen LogP contribution in [0, 0.1) is 0 Å². The number of aromatic carboxylic acids is 1. The van der Waals surface area contributed by atoms with Gasteiger partial charge >= 0.3 is 5.97 Å². The summed E-state index contributed by atoms with van der Waals surface area (Å²) in [6.45, 7) is 4.24. The number of hydrogen-bond acceptors (Lipinski definition) is 8. The molecule has 10 nitrogen and oxygen atoms in total. The number of hydrogen-bond donors (Lipinski definition) is 1. The Morgan fingerprint density at radius 1 is 0.976 bits per heavy atom. The summed E-state index contributed by atoms with van der Waals surface area (Å²) in [4.78, 5) is 28.2. The first-order valence-corrected chi connectivity index (χ1v) is 14.1. The molecule has 10 heteroatoms. The van der Waals surface area contributed by atoms with Crippen molar-refractivity contribution < 1.29 is 23.8 Å². The molecule has 5 aromatic rings. The number of nitrogens with zero attached hydrogens (tertiary/aromatic N) is 5. The van der Waals surface area contributed by atoms with Crippen molar-refractivity contribution in [1.29, 1.82) is 0 Å². The first-order chi connectivity index (χ1) is 20.1. The highest BCUT2D eigenvalue weighted by atomic mass is 16.5. The van der Waals surface area contributed by atoms with Crippen LogP contribution in [0.4, 0.5) is 0 Å². The van der Waals surface area contributed by atoms with Crippen molar-refractivity contribution in [2.75, 3.05) is 19.7 Å². The second kappa shape index (κ2) is 10.9. The number of carboxylic acids is 1. The smallest absolute Gasteiger partial charge is 0.335 e. The fraction of sp³-hybridized carbons (Fsp3) is 0.355. The van der Waals surface area contributed by atoms with Crippen LogP contribution in [0.25, 0.3) is 22.1 Å². The van der Waals surface area contributed by atoms with Gasteiger partial charge in [0.25, 0.3) is 0 Å². The van der Waals surface area contributed by atoms with Crippen molar-refractivity contribution in [3.63, 3.8) is 0 Å². The Morgan fingerprint density at radius 2 is 1.83 bits per heavy atom. The van der Waals surface area contributed by atoms with Crippen LogP contribution in [-0.2, 0) is 24.4 Å². The summed E-state index contributed by atoms with van der Waals surface area (Å²) in [5.41, 5.74) is 4.54. The fourth-order valence-corrected chi connectivity index (χ4v) is 5.70. The van der Waals surface area contributed by atoms with Gasteiger partial charge in [0.2, 0.25) is 11.8 Å². The number of carbonyl (C=O) groups is 1. The molecule has 2 aliphatic heterocycles. The molecule has 41 heavy (non-hydrogen) atoms. The van der Waals surface area contributed by atoms with Crippen LogP contribution in [0.3, 0.4) is 0 Å². The van der Waals surface area contributed by atoms with E-state index in [9.17, 15) is 9.90 Å². The monoisotopic (exact) mass is 553 g/mol. The van der Waals surface area contributed by atoms with E-state index < -0.39 is 5.97 Å². The molecule has 0 saturated carbocycles. The zero-order chi connectivity index (χ0) is 27.8. The van der Waals surface area contributed by atoms with E-state index in [0.29, 0.717) is 30.8 Å². The Bertz CT molecular complexity index is 1670. The lowest BCUT2D eigenvalue weighted by atomic mass is 9.93. The molecule has 0 spiro atoms. The number of ether oxygens (including phenoxy) is 2. The molecular weight excluding hydrogens is 522 g/mol. The number of rotatable bonds is 9. The molecule has 1 N–H and O–H groups in total. The Morgan fingerprint density at radius 3 is 2.61 bits per heavy atom. The fourth-order valence-electron chi connectivity index (χ4n) is 5.70. The molecule has 0 aliphatic carbocycles. The van der Waals surface area contributed by atoms with Crippen molar-refractivity contribution >= 4 is 28.1 Å². The SMILES string of the molecule is O=C(O)c1ccc2nc(CN3CCC(c4cccc(OCc5nc6ccccc6o5)n4)CC3)n(CC3CCO3)c2c1. The summed E-state index contributed by atoms with van der Waals surface area (Å²) in [7, 11) is 0. The Kier molecular flexibility index (Phi) is 6.85. The average molecular weight is 554 g/mol. The van der Waals surface area contributed by atoms with Crippen molar-refractivity contribution in [2.24, 2.45) is 0 Å². The van der Waals surface area contributed by atoms with Gasteiger partial charge in [-0.3, -0.25) is 4.90 Å². The van der Waals surface area contributed by atoms with Crippen molar-refractivity contribution in [3.8, 4) is 5.88 Å². The number of imidazole rings is 1. The van der Waals surface area contributed by atoms with Gasteiger partial charge in [-0.1, -0.05) is 18.2 Å². The summed E-state index contributed by atoms with van der Waals surface area (Å²) in [6.07, 6.45) is 3.12. The first-order valence-electron chi connectivity index (χ1n) is 14.1. The van der Waals surface area contributed by atoms with E-state index in [4.69, 9.17) is 23.9 Å². The highest BCUT2D eigenvalue weighted by molar-refractivity contribution is 5.92. The van der Waals surface area contributed by atoms with Crippen LogP contribution in [0.2, 0.25) is 0 Å². The molecule has 0 radical (unpaired) electrons. The van der Waals surface area contributed by atoms with Gasteiger partial charge in [-0.25, -0.2) is 19.7 Å². The first kappa shape index (κ1) is 25.7. The van der Waals surface area contributed by atoms with Crippen LogP contribution in [-0.4, -0.2) is 61.3 Å². The Labute approximate surface area is 236 Å². The third-order valence-electron chi connectivity index (χ3n) is 8.05. The van der Waals surface area contributed by atoms with Crippen LogP contribution < -0.4 is 4.74 Å². The molecule has 2 saturated heterocycles. The maximum absolute atomic E-state index is 11.6. The Balaban J connectivity index is 1.00. The molecule has 0 bridgehead atoms. The van der Waals surface area contributed by atoms with Crippen LogP contribution in [0.15, 0.2) is 65.1 Å². The van der Waals surface area contributed by atoms with E-state index in [1.54, 1.807) is 18.2 Å².